The van der Waals surface area contributed by atoms with Crippen molar-refractivity contribution in [1.29, 1.82) is 0 Å². The van der Waals surface area contributed by atoms with Crippen LogP contribution < -0.4 is 5.32 Å². The van der Waals surface area contributed by atoms with E-state index in [-0.39, 0.29) is 5.56 Å². The lowest BCUT2D eigenvalue weighted by molar-refractivity contribution is 0.0697. The maximum atomic E-state index is 11.1. The summed E-state index contributed by atoms with van der Waals surface area (Å²) in [6.07, 6.45) is 4.73. The van der Waals surface area contributed by atoms with Gasteiger partial charge in [-0.25, -0.2) is 9.78 Å². The van der Waals surface area contributed by atoms with E-state index in [2.05, 4.69) is 17.2 Å². The summed E-state index contributed by atoms with van der Waals surface area (Å²) >= 11 is 5.80. The first-order valence-electron chi connectivity index (χ1n) is 6.20. The van der Waals surface area contributed by atoms with Gasteiger partial charge in [-0.3, -0.25) is 0 Å². The maximum absolute atomic E-state index is 11.1. The number of rotatable bonds is 6. The van der Waals surface area contributed by atoms with Gasteiger partial charge < -0.3 is 10.4 Å². The molecule has 1 heterocycles. The van der Waals surface area contributed by atoms with Gasteiger partial charge in [-0.1, -0.05) is 24.9 Å². The Morgan fingerprint density at radius 1 is 1.56 bits per heavy atom. The van der Waals surface area contributed by atoms with Crippen molar-refractivity contribution in [3.05, 3.63) is 22.8 Å². The van der Waals surface area contributed by atoms with Gasteiger partial charge in [0.2, 0.25) is 0 Å². The number of nitrogens with zero attached hydrogens (tertiary/aromatic N) is 1. The minimum absolute atomic E-state index is 0.173. The third-order valence-corrected chi connectivity index (χ3v) is 3.67. The predicted octanol–water partition coefficient (Wildman–Crippen LogP) is 3.43. The molecule has 1 aliphatic rings. The maximum Gasteiger partial charge on any atom is 0.339 e. The molecular formula is C13H17ClN2O2. The topological polar surface area (TPSA) is 62.2 Å². The minimum Gasteiger partial charge on any atom is -0.478 e. The minimum atomic E-state index is -0.984. The summed E-state index contributed by atoms with van der Waals surface area (Å²) in [6, 6.07) is 2.98. The average Bonchev–Trinajstić information content (AvgIpc) is 3.07. The Balaban J connectivity index is 2.08. The van der Waals surface area contributed by atoms with Crippen LogP contribution in [0.2, 0.25) is 5.15 Å². The molecule has 98 valence electrons. The molecule has 1 aromatic rings. The average molecular weight is 269 g/mol. The number of hydrogen-bond acceptors (Lipinski definition) is 3. The molecule has 0 saturated heterocycles. The molecule has 0 unspecified atom stereocenters. The largest absolute Gasteiger partial charge is 0.478 e. The zero-order valence-corrected chi connectivity index (χ0v) is 11.1. The van der Waals surface area contributed by atoms with Crippen LogP contribution in [0.4, 0.5) is 5.82 Å². The molecule has 4 nitrogen and oxygen atoms in total. The summed E-state index contributed by atoms with van der Waals surface area (Å²) in [5.41, 5.74) is 0.515. The molecule has 0 bridgehead atoms. The number of carboxylic acid groups (broad SMARTS) is 1. The summed E-state index contributed by atoms with van der Waals surface area (Å²) in [5, 5.41) is 12.5. The number of pyridine rings is 1. The van der Waals surface area contributed by atoms with Crippen LogP contribution in [0.5, 0.6) is 0 Å². The van der Waals surface area contributed by atoms with Crippen molar-refractivity contribution in [1.82, 2.24) is 4.98 Å². The summed E-state index contributed by atoms with van der Waals surface area (Å²) in [7, 11) is 0. The number of nitrogens with one attached hydrogen (secondary N) is 1. The molecule has 1 aromatic heterocycles. The Bertz CT molecular complexity index is 458. The number of carbonyl (C=O) groups is 1. The Hall–Kier alpha value is -1.29. The molecule has 0 aliphatic heterocycles. The van der Waals surface area contributed by atoms with E-state index in [0.717, 1.165) is 13.0 Å². The van der Waals surface area contributed by atoms with Crippen LogP contribution in [0, 0.1) is 5.41 Å². The molecular weight excluding hydrogens is 252 g/mol. The highest BCUT2D eigenvalue weighted by atomic mass is 35.5. The fourth-order valence-corrected chi connectivity index (χ4v) is 2.38. The van der Waals surface area contributed by atoms with Gasteiger partial charge in [0.25, 0.3) is 0 Å². The first-order chi connectivity index (χ1) is 8.56. The quantitative estimate of drug-likeness (QED) is 0.776. The lowest BCUT2D eigenvalue weighted by Crippen LogP contribution is -2.18. The highest BCUT2D eigenvalue weighted by molar-refractivity contribution is 6.29. The number of aromatic nitrogens is 1. The second-order valence-electron chi connectivity index (χ2n) is 4.94. The molecule has 18 heavy (non-hydrogen) atoms. The van der Waals surface area contributed by atoms with Gasteiger partial charge in [0.05, 0.1) is 0 Å². The van der Waals surface area contributed by atoms with Gasteiger partial charge in [0, 0.05) is 6.54 Å². The van der Waals surface area contributed by atoms with E-state index in [0.29, 0.717) is 16.4 Å². The molecule has 2 rings (SSSR count). The first kappa shape index (κ1) is 13.1. The molecule has 1 aliphatic carbocycles. The highest BCUT2D eigenvalue weighted by Gasteiger charge is 2.41. The van der Waals surface area contributed by atoms with E-state index >= 15 is 0 Å². The molecule has 5 heteroatoms. The smallest absolute Gasteiger partial charge is 0.339 e. The first-order valence-corrected chi connectivity index (χ1v) is 6.58. The number of hydrogen-bond donors (Lipinski definition) is 2. The fraction of sp³-hybridized carbons (Fsp3) is 0.538. The third-order valence-electron chi connectivity index (χ3n) is 3.46. The molecule has 0 radical (unpaired) electrons. The van der Waals surface area contributed by atoms with Crippen molar-refractivity contribution in [2.45, 2.75) is 32.6 Å². The van der Waals surface area contributed by atoms with Crippen LogP contribution in [0.3, 0.4) is 0 Å². The van der Waals surface area contributed by atoms with Crippen LogP contribution in [-0.2, 0) is 0 Å². The van der Waals surface area contributed by atoms with Crippen molar-refractivity contribution in [2.24, 2.45) is 5.41 Å². The van der Waals surface area contributed by atoms with Crippen LogP contribution in [0.15, 0.2) is 12.1 Å². The Morgan fingerprint density at radius 3 is 2.83 bits per heavy atom. The highest BCUT2D eigenvalue weighted by Crippen LogP contribution is 2.49. The molecule has 0 spiro atoms. The van der Waals surface area contributed by atoms with Gasteiger partial charge in [-0.15, -0.1) is 0 Å². The molecule has 1 fully saturated rings. The van der Waals surface area contributed by atoms with E-state index in [4.69, 9.17) is 16.7 Å². The summed E-state index contributed by atoms with van der Waals surface area (Å²) < 4.78 is 0. The second-order valence-corrected chi connectivity index (χ2v) is 5.33. The van der Waals surface area contributed by atoms with Gasteiger partial charge >= 0.3 is 5.97 Å². The summed E-state index contributed by atoms with van der Waals surface area (Å²) in [5.74, 6) is -0.612. The van der Waals surface area contributed by atoms with Crippen LogP contribution in [-0.4, -0.2) is 22.6 Å². The number of aromatic carboxylic acids is 1. The lowest BCUT2D eigenvalue weighted by Gasteiger charge is -2.16. The van der Waals surface area contributed by atoms with Crippen molar-refractivity contribution >= 4 is 23.4 Å². The molecule has 0 atom stereocenters. The molecule has 2 N–H and O–H groups in total. The Kier molecular flexibility index (Phi) is 3.76. The second kappa shape index (κ2) is 5.14. The zero-order valence-electron chi connectivity index (χ0n) is 10.4. The Morgan fingerprint density at radius 2 is 2.28 bits per heavy atom. The number of anilines is 1. The Labute approximate surface area is 111 Å². The van der Waals surface area contributed by atoms with Gasteiger partial charge in [-0.05, 0) is 36.8 Å². The van der Waals surface area contributed by atoms with Crippen molar-refractivity contribution in [2.75, 3.05) is 11.9 Å². The van der Waals surface area contributed by atoms with Crippen molar-refractivity contribution < 1.29 is 9.90 Å². The van der Waals surface area contributed by atoms with E-state index in [1.54, 1.807) is 0 Å². The predicted molar refractivity (Wildman–Crippen MR) is 71.3 cm³/mol. The monoisotopic (exact) mass is 268 g/mol. The van der Waals surface area contributed by atoms with E-state index in [1.165, 1.54) is 31.4 Å². The van der Waals surface area contributed by atoms with Crippen LogP contribution in [0.25, 0.3) is 0 Å². The van der Waals surface area contributed by atoms with Crippen LogP contribution in [0.1, 0.15) is 43.0 Å². The fourth-order valence-electron chi connectivity index (χ4n) is 2.24. The van der Waals surface area contributed by atoms with Gasteiger partial charge in [0.15, 0.2) is 0 Å². The van der Waals surface area contributed by atoms with Crippen molar-refractivity contribution in [3.63, 3.8) is 0 Å². The van der Waals surface area contributed by atoms with E-state index in [1.807, 2.05) is 0 Å². The van der Waals surface area contributed by atoms with E-state index in [9.17, 15) is 4.79 Å². The van der Waals surface area contributed by atoms with Crippen LogP contribution >= 0.6 is 11.6 Å². The van der Waals surface area contributed by atoms with E-state index < -0.39 is 5.97 Å². The van der Waals surface area contributed by atoms with Gasteiger partial charge in [-0.2, -0.15) is 0 Å². The molecule has 0 aromatic carbocycles. The SMILES string of the molecule is CCCC1(CNc2nc(Cl)ccc2C(=O)O)CC1. The normalized spacial score (nSPS) is 16.3. The standard InChI is InChI=1S/C13H17ClN2O2/c1-2-5-13(6-7-13)8-15-11-9(12(17)18)3-4-10(14)16-11/h3-4H,2,5-8H2,1H3,(H,15,16)(H,17,18). The number of carboxylic acids is 1. The van der Waals surface area contributed by atoms with Crippen molar-refractivity contribution in [3.8, 4) is 0 Å². The number of halogens is 1. The third kappa shape index (κ3) is 2.93. The summed E-state index contributed by atoms with van der Waals surface area (Å²) in [6.45, 7) is 2.94. The molecule has 1 saturated carbocycles. The summed E-state index contributed by atoms with van der Waals surface area (Å²) in [4.78, 5) is 15.1. The lowest BCUT2D eigenvalue weighted by atomic mass is 10.0. The van der Waals surface area contributed by atoms with Gasteiger partial charge in [0.1, 0.15) is 16.5 Å². The molecule has 0 amide bonds. The zero-order chi connectivity index (χ0) is 13.2.